The van der Waals surface area contributed by atoms with Gasteiger partial charge in [0.2, 0.25) is 5.91 Å². The molecule has 1 aliphatic heterocycles. The molecule has 0 saturated carbocycles. The largest absolute Gasteiger partial charge is 0.343 e. The van der Waals surface area contributed by atoms with Crippen molar-refractivity contribution < 1.29 is 4.79 Å². The van der Waals surface area contributed by atoms with Crippen LogP contribution >= 0.6 is 12.2 Å². The Balaban J connectivity index is 1.92. The highest BCUT2D eigenvalue weighted by atomic mass is 32.1. The molecule has 1 unspecified atom stereocenters. The predicted octanol–water partition coefficient (Wildman–Crippen LogP) is 3.22. The van der Waals surface area contributed by atoms with E-state index in [-0.39, 0.29) is 17.4 Å². The van der Waals surface area contributed by atoms with E-state index in [2.05, 4.69) is 44.0 Å². The lowest BCUT2D eigenvalue weighted by atomic mass is 9.91. The van der Waals surface area contributed by atoms with Gasteiger partial charge < -0.3 is 15.1 Å². The van der Waals surface area contributed by atoms with E-state index in [1.54, 1.807) is 12.1 Å². The quantitative estimate of drug-likeness (QED) is 0.823. The van der Waals surface area contributed by atoms with Gasteiger partial charge in [-0.25, -0.2) is 0 Å². The van der Waals surface area contributed by atoms with Gasteiger partial charge in [0.15, 0.2) is 5.11 Å². The normalized spacial score (nSPS) is 17.8. The molecule has 5 nitrogen and oxygen atoms in total. The molecule has 25 heavy (non-hydrogen) atoms. The summed E-state index contributed by atoms with van der Waals surface area (Å²) in [6.45, 7) is 10.4. The third-order valence-electron chi connectivity index (χ3n) is 4.19. The third-order valence-corrected chi connectivity index (χ3v) is 4.52. The summed E-state index contributed by atoms with van der Waals surface area (Å²) >= 11 is 5.53. The van der Waals surface area contributed by atoms with Crippen LogP contribution in [0.25, 0.3) is 0 Å². The zero-order chi connectivity index (χ0) is 18.6. The average molecular weight is 359 g/mol. The lowest BCUT2D eigenvalue weighted by Crippen LogP contribution is -2.56. The molecule has 1 saturated heterocycles. The van der Waals surface area contributed by atoms with E-state index in [9.17, 15) is 4.79 Å². The Morgan fingerprint density at radius 1 is 1.32 bits per heavy atom. The number of nitrogens with zero attached hydrogens (tertiary/aromatic N) is 3. The summed E-state index contributed by atoms with van der Waals surface area (Å²) in [6.07, 6.45) is 0.563. The van der Waals surface area contributed by atoms with Gasteiger partial charge in [0.1, 0.15) is 0 Å². The first-order valence-corrected chi connectivity index (χ1v) is 8.96. The maximum absolute atomic E-state index is 12.4. The van der Waals surface area contributed by atoms with E-state index in [0.717, 1.165) is 12.2 Å². The van der Waals surface area contributed by atoms with Crippen molar-refractivity contribution in [1.29, 1.82) is 5.26 Å². The summed E-state index contributed by atoms with van der Waals surface area (Å²) in [7, 11) is 0. The zero-order valence-electron chi connectivity index (χ0n) is 15.4. The average Bonchev–Trinajstić information content (AvgIpc) is 2.53. The Bertz CT molecular complexity index is 672. The highest BCUT2D eigenvalue weighted by molar-refractivity contribution is 7.80. The first-order chi connectivity index (χ1) is 11.7. The van der Waals surface area contributed by atoms with E-state index in [1.807, 2.05) is 17.0 Å². The second-order valence-electron chi connectivity index (χ2n) is 7.74. The van der Waals surface area contributed by atoms with Crippen LogP contribution in [0.5, 0.6) is 0 Å². The Kier molecular flexibility index (Phi) is 6.02. The van der Waals surface area contributed by atoms with Crippen LogP contribution in [0.1, 0.15) is 39.7 Å². The lowest BCUT2D eigenvalue weighted by molar-refractivity contribution is -0.135. The first kappa shape index (κ1) is 19.2. The molecule has 0 radical (unpaired) electrons. The summed E-state index contributed by atoms with van der Waals surface area (Å²) in [6, 6.07) is 9.48. The van der Waals surface area contributed by atoms with Crippen molar-refractivity contribution in [3.05, 3.63) is 29.8 Å². The van der Waals surface area contributed by atoms with Crippen molar-refractivity contribution >= 4 is 28.9 Å². The highest BCUT2D eigenvalue weighted by Gasteiger charge is 2.29. The second-order valence-corrected chi connectivity index (χ2v) is 8.13. The molecule has 1 amide bonds. The van der Waals surface area contributed by atoms with Crippen LogP contribution in [0.3, 0.4) is 0 Å². The molecule has 134 valence electrons. The van der Waals surface area contributed by atoms with Crippen LogP contribution in [0.15, 0.2) is 24.3 Å². The number of hydrogen-bond acceptors (Lipinski definition) is 3. The molecule has 0 aromatic heterocycles. The fourth-order valence-corrected chi connectivity index (χ4v) is 3.26. The number of amides is 1. The number of nitrogens with one attached hydrogen (secondary N) is 1. The monoisotopic (exact) mass is 358 g/mol. The molecule has 6 heteroatoms. The Hall–Kier alpha value is -2.13. The SMILES string of the molecule is CC1CN(C(=O)CC(C)(C)C)CCN1C(=S)Nc1ccc(C#N)cc1. The molecule has 0 bridgehead atoms. The van der Waals surface area contributed by atoms with Gasteiger partial charge in [0.05, 0.1) is 11.6 Å². The van der Waals surface area contributed by atoms with Gasteiger partial charge in [0, 0.05) is 37.8 Å². The fourth-order valence-electron chi connectivity index (χ4n) is 2.87. The van der Waals surface area contributed by atoms with E-state index < -0.39 is 0 Å². The van der Waals surface area contributed by atoms with Gasteiger partial charge in [-0.3, -0.25) is 4.79 Å². The Morgan fingerprint density at radius 2 is 1.96 bits per heavy atom. The van der Waals surface area contributed by atoms with E-state index in [0.29, 0.717) is 30.2 Å². The molecule has 1 aromatic carbocycles. The lowest BCUT2D eigenvalue weighted by Gasteiger charge is -2.41. The zero-order valence-corrected chi connectivity index (χ0v) is 16.2. The van der Waals surface area contributed by atoms with Crippen LogP contribution in [-0.2, 0) is 4.79 Å². The van der Waals surface area contributed by atoms with Crippen LogP contribution in [0.2, 0.25) is 0 Å². The molecule has 0 spiro atoms. The number of carbonyl (C=O) groups excluding carboxylic acids is 1. The molecular formula is C19H26N4OS. The molecule has 1 atom stereocenters. The van der Waals surface area contributed by atoms with Gasteiger partial charge in [-0.2, -0.15) is 5.26 Å². The van der Waals surface area contributed by atoms with Crippen molar-refractivity contribution in [2.24, 2.45) is 5.41 Å². The van der Waals surface area contributed by atoms with Gasteiger partial charge >= 0.3 is 0 Å². The van der Waals surface area contributed by atoms with E-state index in [4.69, 9.17) is 17.5 Å². The number of piperazine rings is 1. The van der Waals surface area contributed by atoms with E-state index in [1.165, 1.54) is 0 Å². The second kappa shape index (κ2) is 7.83. The summed E-state index contributed by atoms with van der Waals surface area (Å²) in [4.78, 5) is 16.5. The molecule has 1 aliphatic rings. The topological polar surface area (TPSA) is 59.4 Å². The number of anilines is 1. The van der Waals surface area contributed by atoms with Crippen LogP contribution in [0.4, 0.5) is 5.69 Å². The number of benzene rings is 1. The van der Waals surface area contributed by atoms with Gasteiger partial charge in [-0.15, -0.1) is 0 Å². The summed E-state index contributed by atoms with van der Waals surface area (Å²) < 4.78 is 0. The molecule has 1 aromatic rings. The van der Waals surface area contributed by atoms with Crippen molar-refractivity contribution in [3.8, 4) is 6.07 Å². The van der Waals surface area contributed by atoms with Crippen LogP contribution in [-0.4, -0.2) is 46.5 Å². The predicted molar refractivity (Wildman–Crippen MR) is 104 cm³/mol. The minimum absolute atomic E-state index is 0.00387. The molecule has 1 N–H and O–H groups in total. The minimum Gasteiger partial charge on any atom is -0.343 e. The van der Waals surface area contributed by atoms with E-state index >= 15 is 0 Å². The minimum atomic E-state index is 0.00387. The van der Waals surface area contributed by atoms with Crippen molar-refractivity contribution in [3.63, 3.8) is 0 Å². The maximum Gasteiger partial charge on any atom is 0.223 e. The molecule has 1 heterocycles. The molecule has 2 rings (SSSR count). The first-order valence-electron chi connectivity index (χ1n) is 8.55. The number of carbonyl (C=O) groups is 1. The summed E-state index contributed by atoms with van der Waals surface area (Å²) in [5.74, 6) is 0.213. The Labute approximate surface area is 155 Å². The third kappa shape index (κ3) is 5.43. The summed E-state index contributed by atoms with van der Waals surface area (Å²) in [5, 5.41) is 12.7. The highest BCUT2D eigenvalue weighted by Crippen LogP contribution is 2.21. The Morgan fingerprint density at radius 3 is 2.48 bits per heavy atom. The standard InChI is InChI=1S/C19H26N4OS/c1-14-13-22(17(24)11-19(2,3)4)9-10-23(14)18(25)21-16-7-5-15(12-20)6-8-16/h5-8,14H,9-11,13H2,1-4H3,(H,21,25). The van der Waals surface area contributed by atoms with Gasteiger partial charge in [-0.05, 0) is 48.8 Å². The van der Waals surface area contributed by atoms with Crippen LogP contribution < -0.4 is 5.32 Å². The fraction of sp³-hybridized carbons (Fsp3) is 0.526. The number of thiocarbonyl (C=S) groups is 1. The van der Waals surface area contributed by atoms with Gasteiger partial charge in [-0.1, -0.05) is 20.8 Å². The molecule has 1 fully saturated rings. The van der Waals surface area contributed by atoms with Crippen molar-refractivity contribution in [2.75, 3.05) is 25.0 Å². The molecular weight excluding hydrogens is 332 g/mol. The van der Waals surface area contributed by atoms with Crippen molar-refractivity contribution in [1.82, 2.24) is 9.80 Å². The number of nitriles is 1. The maximum atomic E-state index is 12.4. The van der Waals surface area contributed by atoms with Crippen molar-refractivity contribution in [2.45, 2.75) is 40.2 Å². The van der Waals surface area contributed by atoms with Crippen LogP contribution in [0, 0.1) is 16.7 Å². The smallest absolute Gasteiger partial charge is 0.223 e. The van der Waals surface area contributed by atoms with Gasteiger partial charge in [0.25, 0.3) is 0 Å². The number of hydrogen-bond donors (Lipinski definition) is 1. The summed E-state index contributed by atoms with van der Waals surface area (Å²) in [5.41, 5.74) is 1.49. The molecule has 0 aliphatic carbocycles. The number of rotatable bonds is 2.